The van der Waals surface area contributed by atoms with Gasteiger partial charge in [-0.3, -0.25) is 4.90 Å². The number of ether oxygens (including phenoxy) is 1. The molecule has 27 heavy (non-hydrogen) atoms. The third-order valence-corrected chi connectivity index (χ3v) is 4.88. The summed E-state index contributed by atoms with van der Waals surface area (Å²) in [6, 6.07) is 10.4. The fourth-order valence-electron chi connectivity index (χ4n) is 3.38. The molecule has 0 saturated carbocycles. The molecule has 0 spiro atoms. The first-order valence-electron chi connectivity index (χ1n) is 9.53. The maximum Gasteiger partial charge on any atom is 0.131 e. The van der Waals surface area contributed by atoms with Gasteiger partial charge in [-0.15, -0.1) is 0 Å². The number of para-hydroxylation sites is 1. The van der Waals surface area contributed by atoms with Gasteiger partial charge in [-0.2, -0.15) is 0 Å². The molecule has 0 aliphatic carbocycles. The summed E-state index contributed by atoms with van der Waals surface area (Å²) in [5.74, 6) is 1.70. The number of rotatable bonds is 8. The highest BCUT2D eigenvalue weighted by Gasteiger charge is 2.09. The number of anilines is 2. The normalized spacial score (nSPS) is 15.1. The van der Waals surface area contributed by atoms with Crippen molar-refractivity contribution in [1.29, 1.82) is 0 Å². The molecule has 3 N–H and O–H groups in total. The van der Waals surface area contributed by atoms with Crippen LogP contribution in [0.4, 0.5) is 11.6 Å². The highest BCUT2D eigenvalue weighted by molar-refractivity contribution is 5.83. The lowest BCUT2D eigenvalue weighted by Crippen LogP contribution is -2.39. The van der Waals surface area contributed by atoms with Gasteiger partial charge in [0.25, 0.3) is 0 Å². The highest BCUT2D eigenvalue weighted by atomic mass is 16.5. The van der Waals surface area contributed by atoms with Crippen molar-refractivity contribution >= 4 is 22.5 Å². The summed E-state index contributed by atoms with van der Waals surface area (Å²) in [4.78, 5) is 14.4. The predicted octanol–water partition coefficient (Wildman–Crippen LogP) is 2.36. The molecule has 142 valence electrons. The van der Waals surface area contributed by atoms with Crippen molar-refractivity contribution in [3.63, 3.8) is 0 Å². The molecule has 0 amide bonds. The number of hydrogen-bond donors (Lipinski definition) is 3. The minimum atomic E-state index is 0.825. The third-order valence-electron chi connectivity index (χ3n) is 4.88. The van der Waals surface area contributed by atoms with Gasteiger partial charge in [0.2, 0.25) is 0 Å². The summed E-state index contributed by atoms with van der Waals surface area (Å²) < 4.78 is 5.38. The zero-order valence-corrected chi connectivity index (χ0v) is 15.4. The Morgan fingerprint density at radius 2 is 1.81 bits per heavy atom. The largest absolute Gasteiger partial charge is 0.379 e. The van der Waals surface area contributed by atoms with E-state index in [4.69, 9.17) is 4.74 Å². The van der Waals surface area contributed by atoms with Gasteiger partial charge in [0, 0.05) is 55.9 Å². The summed E-state index contributed by atoms with van der Waals surface area (Å²) in [6.07, 6.45) is 4.63. The smallest absolute Gasteiger partial charge is 0.131 e. The summed E-state index contributed by atoms with van der Waals surface area (Å²) in [5.41, 5.74) is 2.50. The van der Waals surface area contributed by atoms with Crippen LogP contribution in [0.1, 0.15) is 5.56 Å². The quantitative estimate of drug-likeness (QED) is 0.568. The minimum Gasteiger partial charge on any atom is -0.379 e. The van der Waals surface area contributed by atoms with Crippen LogP contribution >= 0.6 is 0 Å². The minimum absolute atomic E-state index is 0.825. The summed E-state index contributed by atoms with van der Waals surface area (Å²) >= 11 is 0. The van der Waals surface area contributed by atoms with Crippen LogP contribution in [0.2, 0.25) is 0 Å². The third kappa shape index (κ3) is 4.75. The zero-order valence-electron chi connectivity index (χ0n) is 15.4. The van der Waals surface area contributed by atoms with E-state index in [1.165, 1.54) is 16.5 Å². The lowest BCUT2D eigenvalue weighted by atomic mass is 10.1. The number of aromatic nitrogens is 3. The number of aromatic amines is 1. The van der Waals surface area contributed by atoms with E-state index >= 15 is 0 Å². The van der Waals surface area contributed by atoms with Gasteiger partial charge in [-0.05, 0) is 18.1 Å². The van der Waals surface area contributed by atoms with Gasteiger partial charge in [0.1, 0.15) is 18.0 Å². The Bertz CT molecular complexity index is 858. The summed E-state index contributed by atoms with van der Waals surface area (Å²) in [5, 5.41) is 8.06. The number of nitrogens with zero attached hydrogens (tertiary/aromatic N) is 3. The average Bonchev–Trinajstić information content (AvgIpc) is 3.13. The Balaban J connectivity index is 1.25. The molecule has 1 fully saturated rings. The molecule has 0 atom stereocenters. The van der Waals surface area contributed by atoms with E-state index in [2.05, 4.69) is 60.9 Å². The van der Waals surface area contributed by atoms with Gasteiger partial charge >= 0.3 is 0 Å². The molecule has 3 heterocycles. The van der Waals surface area contributed by atoms with E-state index in [1.807, 2.05) is 6.07 Å². The van der Waals surface area contributed by atoms with E-state index in [-0.39, 0.29) is 0 Å². The Hall–Kier alpha value is -2.64. The van der Waals surface area contributed by atoms with Crippen LogP contribution in [0.25, 0.3) is 10.9 Å². The van der Waals surface area contributed by atoms with Crippen LogP contribution in [0.15, 0.2) is 42.9 Å². The molecule has 1 aliphatic rings. The van der Waals surface area contributed by atoms with Gasteiger partial charge in [-0.1, -0.05) is 18.2 Å². The fraction of sp³-hybridized carbons (Fsp3) is 0.400. The number of benzene rings is 1. The Morgan fingerprint density at radius 1 is 1.04 bits per heavy atom. The molecule has 4 rings (SSSR count). The number of nitrogens with one attached hydrogen (secondary N) is 3. The molecule has 0 bridgehead atoms. The van der Waals surface area contributed by atoms with Gasteiger partial charge in [0.05, 0.1) is 13.2 Å². The van der Waals surface area contributed by atoms with Gasteiger partial charge in [-0.25, -0.2) is 9.97 Å². The van der Waals surface area contributed by atoms with Crippen LogP contribution in [0.3, 0.4) is 0 Å². The van der Waals surface area contributed by atoms with Crippen LogP contribution in [-0.2, 0) is 11.2 Å². The molecular weight excluding hydrogens is 340 g/mol. The first-order chi connectivity index (χ1) is 13.4. The van der Waals surface area contributed by atoms with Crippen molar-refractivity contribution in [3.05, 3.63) is 48.4 Å². The lowest BCUT2D eigenvalue weighted by Gasteiger charge is -2.26. The summed E-state index contributed by atoms with van der Waals surface area (Å²) in [7, 11) is 0. The maximum atomic E-state index is 5.38. The standard InChI is InChI=1S/C20H26N6O/c1-2-4-18-17(3-1)16(14-23-18)5-6-21-19-13-20(25-15-24-19)22-7-8-26-9-11-27-12-10-26/h1-4,13-15,23H,5-12H2,(H2,21,22,24,25). The first-order valence-corrected chi connectivity index (χ1v) is 9.53. The van der Waals surface area contributed by atoms with Crippen LogP contribution in [0, 0.1) is 0 Å². The zero-order chi connectivity index (χ0) is 18.3. The second kappa shape index (κ2) is 8.83. The predicted molar refractivity (Wildman–Crippen MR) is 108 cm³/mol. The van der Waals surface area contributed by atoms with Gasteiger partial charge in [0.15, 0.2) is 0 Å². The molecule has 1 aliphatic heterocycles. The van der Waals surface area contributed by atoms with Crippen molar-refractivity contribution in [3.8, 4) is 0 Å². The monoisotopic (exact) mass is 366 g/mol. The van der Waals surface area contributed by atoms with E-state index < -0.39 is 0 Å². The molecule has 7 nitrogen and oxygen atoms in total. The number of H-pyrrole nitrogens is 1. The second-order valence-electron chi connectivity index (χ2n) is 6.71. The Kier molecular flexibility index (Phi) is 5.81. The molecule has 2 aromatic heterocycles. The molecule has 1 saturated heterocycles. The van der Waals surface area contributed by atoms with E-state index in [0.717, 1.165) is 64.0 Å². The number of hydrogen-bond acceptors (Lipinski definition) is 6. The number of morpholine rings is 1. The van der Waals surface area contributed by atoms with E-state index in [9.17, 15) is 0 Å². The molecule has 1 aromatic carbocycles. The van der Waals surface area contributed by atoms with Crippen LogP contribution < -0.4 is 10.6 Å². The van der Waals surface area contributed by atoms with Crippen molar-refractivity contribution in [2.75, 3.05) is 56.6 Å². The van der Waals surface area contributed by atoms with Crippen LogP contribution in [0.5, 0.6) is 0 Å². The van der Waals surface area contributed by atoms with Crippen molar-refractivity contribution in [1.82, 2.24) is 19.9 Å². The molecule has 3 aromatic rings. The van der Waals surface area contributed by atoms with Gasteiger partial charge < -0.3 is 20.4 Å². The Labute approximate surface area is 159 Å². The number of fused-ring (bicyclic) bond motifs is 1. The first kappa shape index (κ1) is 17.8. The fourth-order valence-corrected chi connectivity index (χ4v) is 3.38. The van der Waals surface area contributed by atoms with Crippen molar-refractivity contribution < 1.29 is 4.74 Å². The highest BCUT2D eigenvalue weighted by Crippen LogP contribution is 2.18. The van der Waals surface area contributed by atoms with Crippen molar-refractivity contribution in [2.24, 2.45) is 0 Å². The molecular formula is C20H26N6O. The summed E-state index contributed by atoms with van der Waals surface area (Å²) in [6.45, 7) is 6.36. The average molecular weight is 366 g/mol. The topological polar surface area (TPSA) is 78.1 Å². The maximum absolute atomic E-state index is 5.38. The van der Waals surface area contributed by atoms with Crippen LogP contribution in [-0.4, -0.2) is 65.8 Å². The molecule has 0 unspecified atom stereocenters. The van der Waals surface area contributed by atoms with E-state index in [1.54, 1.807) is 6.33 Å². The lowest BCUT2D eigenvalue weighted by molar-refractivity contribution is 0.0398. The van der Waals surface area contributed by atoms with E-state index in [0.29, 0.717) is 0 Å². The second-order valence-corrected chi connectivity index (χ2v) is 6.71. The molecule has 7 heteroatoms. The van der Waals surface area contributed by atoms with Crippen molar-refractivity contribution in [2.45, 2.75) is 6.42 Å². The SMILES string of the molecule is c1ccc2c(CCNc3cc(NCCN4CCOCC4)ncn3)c[nH]c2c1. The molecule has 0 radical (unpaired) electrons. The Morgan fingerprint density at radius 3 is 2.67 bits per heavy atom.